The molecule has 2 nitrogen and oxygen atoms in total. The van der Waals surface area contributed by atoms with Crippen LogP contribution in [-0.2, 0) is 0 Å². The lowest BCUT2D eigenvalue weighted by atomic mass is 9.93. The summed E-state index contributed by atoms with van der Waals surface area (Å²) in [7, 11) is 0. The lowest BCUT2D eigenvalue weighted by Crippen LogP contribution is -2.21. The van der Waals surface area contributed by atoms with E-state index in [9.17, 15) is 0 Å². The minimum absolute atomic E-state index is 1.03. The van der Waals surface area contributed by atoms with E-state index in [1.165, 1.54) is 33.6 Å². The van der Waals surface area contributed by atoms with E-state index >= 15 is 0 Å². The highest BCUT2D eigenvalue weighted by atomic mass is 15.1. The Labute approximate surface area is 170 Å². The van der Waals surface area contributed by atoms with Gasteiger partial charge in [0.2, 0.25) is 0 Å². The van der Waals surface area contributed by atoms with E-state index in [2.05, 4.69) is 110 Å². The molecule has 2 aromatic rings. The number of hydrogen-bond donors (Lipinski definition) is 0. The maximum Gasteiger partial charge on any atom is 0.0366 e. The quantitative estimate of drug-likeness (QED) is 0.536. The van der Waals surface area contributed by atoms with Crippen molar-refractivity contribution in [2.75, 3.05) is 36.0 Å². The van der Waals surface area contributed by atoms with Gasteiger partial charge >= 0.3 is 0 Å². The minimum Gasteiger partial charge on any atom is -0.372 e. The summed E-state index contributed by atoms with van der Waals surface area (Å²) in [6.07, 6.45) is 8.63. The molecule has 0 bridgehead atoms. The van der Waals surface area contributed by atoms with Crippen molar-refractivity contribution in [3.05, 3.63) is 89.5 Å². The number of benzene rings is 2. The molecule has 1 aliphatic rings. The monoisotopic (exact) mass is 372 g/mol. The molecule has 146 valence electrons. The number of nitrogens with zero attached hydrogens (tertiary/aromatic N) is 2. The molecule has 0 spiro atoms. The van der Waals surface area contributed by atoms with Crippen LogP contribution in [0.4, 0.5) is 11.4 Å². The Kier molecular flexibility index (Phi) is 6.76. The van der Waals surface area contributed by atoms with Gasteiger partial charge in [0.25, 0.3) is 0 Å². The third-order valence-corrected chi connectivity index (χ3v) is 5.52. The number of rotatable bonds is 8. The molecule has 2 aromatic carbocycles. The van der Waals surface area contributed by atoms with Crippen LogP contribution in [0.2, 0.25) is 0 Å². The normalized spacial score (nSPS) is 12.5. The Morgan fingerprint density at radius 2 is 0.929 bits per heavy atom. The van der Waals surface area contributed by atoms with Gasteiger partial charge in [-0.1, -0.05) is 48.6 Å². The lowest BCUT2D eigenvalue weighted by Gasteiger charge is -2.22. The largest absolute Gasteiger partial charge is 0.372 e. The van der Waals surface area contributed by atoms with Crippen molar-refractivity contribution in [1.82, 2.24) is 0 Å². The van der Waals surface area contributed by atoms with Crippen LogP contribution >= 0.6 is 0 Å². The van der Waals surface area contributed by atoms with Crippen molar-refractivity contribution < 1.29 is 0 Å². The molecule has 0 atom stereocenters. The SMILES string of the molecule is CCN(CC)c1ccc(C(=C2C=CC=C2)c2ccc(N(CC)CC)cc2)cc1. The van der Waals surface area contributed by atoms with E-state index in [0.717, 1.165) is 26.2 Å². The molecule has 0 radical (unpaired) electrons. The molecule has 0 aliphatic heterocycles. The van der Waals surface area contributed by atoms with Crippen LogP contribution in [0.1, 0.15) is 38.8 Å². The predicted molar refractivity (Wildman–Crippen MR) is 124 cm³/mol. The van der Waals surface area contributed by atoms with E-state index in [1.54, 1.807) is 0 Å². The molecule has 0 fully saturated rings. The lowest BCUT2D eigenvalue weighted by molar-refractivity contribution is 0.866. The van der Waals surface area contributed by atoms with Crippen LogP contribution in [0.5, 0.6) is 0 Å². The summed E-state index contributed by atoms with van der Waals surface area (Å²) in [5.74, 6) is 0. The zero-order chi connectivity index (χ0) is 19.9. The zero-order valence-electron chi connectivity index (χ0n) is 17.7. The van der Waals surface area contributed by atoms with Gasteiger partial charge in [-0.25, -0.2) is 0 Å². The summed E-state index contributed by atoms with van der Waals surface area (Å²) in [6, 6.07) is 18.0. The fourth-order valence-corrected chi connectivity index (χ4v) is 3.90. The van der Waals surface area contributed by atoms with Gasteiger partial charge in [0.05, 0.1) is 0 Å². The Morgan fingerprint density at radius 3 is 1.25 bits per heavy atom. The van der Waals surface area contributed by atoms with Crippen LogP contribution in [0.3, 0.4) is 0 Å². The number of anilines is 2. The molecule has 0 saturated carbocycles. The van der Waals surface area contributed by atoms with E-state index in [-0.39, 0.29) is 0 Å². The second kappa shape index (κ2) is 9.45. The average Bonchev–Trinajstić information content (AvgIpc) is 3.26. The molecule has 0 N–H and O–H groups in total. The van der Waals surface area contributed by atoms with E-state index in [0.29, 0.717) is 0 Å². The second-order valence-corrected chi connectivity index (χ2v) is 6.99. The van der Waals surface area contributed by atoms with Gasteiger partial charge in [-0.15, -0.1) is 0 Å². The first-order valence-corrected chi connectivity index (χ1v) is 10.5. The Balaban J connectivity index is 1.99. The molecule has 0 heterocycles. The Bertz CT molecular complexity index is 775. The fourth-order valence-electron chi connectivity index (χ4n) is 3.90. The predicted octanol–water partition coefficient (Wildman–Crippen LogP) is 6.31. The van der Waals surface area contributed by atoms with Crippen LogP contribution in [0.25, 0.3) is 5.57 Å². The fraction of sp³-hybridized carbons (Fsp3) is 0.308. The van der Waals surface area contributed by atoms with Crippen molar-refractivity contribution in [1.29, 1.82) is 0 Å². The van der Waals surface area contributed by atoms with Gasteiger partial charge in [-0.2, -0.15) is 0 Å². The standard InChI is InChI=1S/C26H32N2/c1-5-27(6-2)24-17-13-22(14-18-24)26(21-11-9-10-12-21)23-15-19-25(20-16-23)28(7-3)8-4/h9-20H,5-8H2,1-4H3. The van der Waals surface area contributed by atoms with Crippen molar-refractivity contribution in [3.8, 4) is 0 Å². The first kappa shape index (κ1) is 20.0. The highest BCUT2D eigenvalue weighted by Crippen LogP contribution is 2.32. The summed E-state index contributed by atoms with van der Waals surface area (Å²) < 4.78 is 0. The smallest absolute Gasteiger partial charge is 0.0366 e. The van der Waals surface area contributed by atoms with Crippen LogP contribution in [-0.4, -0.2) is 26.2 Å². The van der Waals surface area contributed by atoms with E-state index in [1.807, 2.05) is 0 Å². The summed E-state index contributed by atoms with van der Waals surface area (Å²) in [5, 5.41) is 0. The number of allylic oxidation sites excluding steroid dienone is 5. The topological polar surface area (TPSA) is 6.48 Å². The molecule has 0 amide bonds. The van der Waals surface area contributed by atoms with E-state index in [4.69, 9.17) is 0 Å². The second-order valence-electron chi connectivity index (χ2n) is 6.99. The first-order chi connectivity index (χ1) is 13.7. The molecule has 0 aromatic heterocycles. The third-order valence-electron chi connectivity index (χ3n) is 5.52. The van der Waals surface area contributed by atoms with Crippen LogP contribution in [0.15, 0.2) is 78.4 Å². The Morgan fingerprint density at radius 1 is 0.571 bits per heavy atom. The molecule has 0 unspecified atom stereocenters. The van der Waals surface area contributed by atoms with Crippen LogP contribution in [0, 0.1) is 0 Å². The van der Waals surface area contributed by atoms with Gasteiger partial charge < -0.3 is 9.80 Å². The molecule has 3 rings (SSSR count). The van der Waals surface area contributed by atoms with E-state index < -0.39 is 0 Å². The molecular weight excluding hydrogens is 340 g/mol. The maximum atomic E-state index is 2.38. The summed E-state index contributed by atoms with van der Waals surface area (Å²) in [6.45, 7) is 12.9. The molecular formula is C26H32N2. The van der Waals surface area contributed by atoms with Gasteiger partial charge in [-0.3, -0.25) is 0 Å². The van der Waals surface area contributed by atoms with Crippen LogP contribution < -0.4 is 9.80 Å². The number of hydrogen-bond acceptors (Lipinski definition) is 2. The Hall–Kier alpha value is -2.74. The summed E-state index contributed by atoms with van der Waals surface area (Å²) >= 11 is 0. The highest BCUT2D eigenvalue weighted by Gasteiger charge is 2.12. The first-order valence-electron chi connectivity index (χ1n) is 10.5. The minimum atomic E-state index is 1.03. The zero-order valence-corrected chi connectivity index (χ0v) is 17.7. The van der Waals surface area contributed by atoms with Gasteiger partial charge in [-0.05, 0) is 74.2 Å². The van der Waals surface area contributed by atoms with Crippen molar-refractivity contribution in [3.63, 3.8) is 0 Å². The highest BCUT2D eigenvalue weighted by molar-refractivity contribution is 5.87. The molecule has 2 heteroatoms. The molecule has 0 saturated heterocycles. The van der Waals surface area contributed by atoms with Gasteiger partial charge in [0.15, 0.2) is 0 Å². The van der Waals surface area contributed by atoms with Gasteiger partial charge in [0, 0.05) is 37.6 Å². The van der Waals surface area contributed by atoms with Gasteiger partial charge in [0.1, 0.15) is 0 Å². The molecule has 28 heavy (non-hydrogen) atoms. The van der Waals surface area contributed by atoms with Crippen molar-refractivity contribution >= 4 is 16.9 Å². The maximum absolute atomic E-state index is 2.38. The summed E-state index contributed by atoms with van der Waals surface area (Å²) in [4.78, 5) is 4.76. The van der Waals surface area contributed by atoms with Crippen molar-refractivity contribution in [2.45, 2.75) is 27.7 Å². The summed E-state index contributed by atoms with van der Waals surface area (Å²) in [5.41, 5.74) is 7.66. The average molecular weight is 373 g/mol. The molecule has 1 aliphatic carbocycles. The third kappa shape index (κ3) is 4.22. The van der Waals surface area contributed by atoms with Crippen molar-refractivity contribution in [2.24, 2.45) is 0 Å².